The first-order chi connectivity index (χ1) is 6.72. The number of aromatic nitrogens is 1. The van der Waals surface area contributed by atoms with Gasteiger partial charge in [0.15, 0.2) is 0 Å². The Hall–Kier alpha value is -0.550. The van der Waals surface area contributed by atoms with Crippen LogP contribution in [0.5, 0.6) is 5.75 Å². The average molecular weight is 320 g/mol. The van der Waals surface area contributed by atoms with Gasteiger partial charge in [-0.15, -0.1) is 0 Å². The van der Waals surface area contributed by atoms with E-state index in [0.717, 1.165) is 20.1 Å². The number of fused-ring (bicyclic) bond motifs is 1. The lowest BCUT2D eigenvalue weighted by molar-refractivity contribution is 0.415. The quantitative estimate of drug-likeness (QED) is 0.593. The van der Waals surface area contributed by atoms with E-state index >= 15 is 0 Å². The Morgan fingerprint density at radius 3 is 2.86 bits per heavy atom. The van der Waals surface area contributed by atoms with Crippen molar-refractivity contribution < 1.29 is 4.74 Å². The molecule has 72 valence electrons. The van der Waals surface area contributed by atoms with Crippen molar-refractivity contribution in [2.45, 2.75) is 0 Å². The summed E-state index contributed by atoms with van der Waals surface area (Å²) in [5, 5.41) is 2.56. The van der Waals surface area contributed by atoms with E-state index in [1.165, 1.54) is 0 Å². The van der Waals surface area contributed by atoms with Crippen molar-refractivity contribution in [3.8, 4) is 5.75 Å². The van der Waals surface area contributed by atoms with E-state index in [4.69, 9.17) is 16.3 Å². The summed E-state index contributed by atoms with van der Waals surface area (Å²) in [6.45, 7) is 0. The second kappa shape index (κ2) is 3.90. The van der Waals surface area contributed by atoms with E-state index in [0.29, 0.717) is 5.15 Å². The summed E-state index contributed by atoms with van der Waals surface area (Å²) in [6.07, 6.45) is 1.75. The lowest BCUT2D eigenvalue weighted by Crippen LogP contribution is -1.86. The molecule has 0 aliphatic carbocycles. The summed E-state index contributed by atoms with van der Waals surface area (Å²) in [7, 11) is 1.65. The van der Waals surface area contributed by atoms with Crippen LogP contribution in [-0.2, 0) is 0 Å². The molecule has 1 aromatic carbocycles. The zero-order chi connectivity index (χ0) is 10.1. The van der Waals surface area contributed by atoms with Crippen LogP contribution < -0.4 is 4.74 Å². The van der Waals surface area contributed by atoms with E-state index in [1.807, 2.05) is 18.2 Å². The van der Waals surface area contributed by atoms with Crippen molar-refractivity contribution in [1.29, 1.82) is 0 Å². The van der Waals surface area contributed by atoms with Gasteiger partial charge in [0.25, 0.3) is 0 Å². The molecule has 0 saturated carbocycles. The molecule has 2 rings (SSSR count). The summed E-state index contributed by atoms with van der Waals surface area (Å²) >= 11 is 8.20. The van der Waals surface area contributed by atoms with Crippen molar-refractivity contribution in [2.24, 2.45) is 0 Å². The predicted octanol–water partition coefficient (Wildman–Crippen LogP) is 3.50. The van der Waals surface area contributed by atoms with Gasteiger partial charge in [0.1, 0.15) is 10.9 Å². The normalized spacial score (nSPS) is 10.5. The molecule has 0 bridgehead atoms. The zero-order valence-electron chi connectivity index (χ0n) is 7.42. The minimum atomic E-state index is 0.531. The highest BCUT2D eigenvalue weighted by molar-refractivity contribution is 14.1. The topological polar surface area (TPSA) is 22.1 Å². The molecule has 0 amide bonds. The largest absolute Gasteiger partial charge is 0.497 e. The summed E-state index contributed by atoms with van der Waals surface area (Å²) in [5.74, 6) is 0.831. The van der Waals surface area contributed by atoms with Crippen LogP contribution in [0, 0.1) is 3.57 Å². The van der Waals surface area contributed by atoms with E-state index < -0.39 is 0 Å². The van der Waals surface area contributed by atoms with Gasteiger partial charge in [-0.05, 0) is 40.8 Å². The second-order valence-electron chi connectivity index (χ2n) is 2.81. The van der Waals surface area contributed by atoms with Crippen molar-refractivity contribution in [3.05, 3.63) is 33.1 Å². The number of methoxy groups -OCH3 is 1. The van der Waals surface area contributed by atoms with Crippen LogP contribution >= 0.6 is 34.2 Å². The maximum atomic E-state index is 5.97. The zero-order valence-corrected chi connectivity index (χ0v) is 10.3. The number of rotatable bonds is 1. The molecule has 2 aromatic rings. The molecule has 2 nitrogen and oxygen atoms in total. The van der Waals surface area contributed by atoms with Gasteiger partial charge in [0, 0.05) is 20.5 Å². The van der Waals surface area contributed by atoms with Crippen LogP contribution in [0.25, 0.3) is 10.8 Å². The fourth-order valence-electron chi connectivity index (χ4n) is 1.28. The van der Waals surface area contributed by atoms with Crippen molar-refractivity contribution >= 4 is 45.0 Å². The minimum absolute atomic E-state index is 0.531. The molecule has 1 heterocycles. The first kappa shape index (κ1) is 9.98. The monoisotopic (exact) mass is 319 g/mol. The maximum Gasteiger partial charge on any atom is 0.136 e. The molecular formula is C10H7ClINO. The van der Waals surface area contributed by atoms with Gasteiger partial charge >= 0.3 is 0 Å². The number of pyridine rings is 1. The molecular weight excluding hydrogens is 312 g/mol. The molecule has 1 aromatic heterocycles. The van der Waals surface area contributed by atoms with Gasteiger partial charge in [-0.1, -0.05) is 11.6 Å². The van der Waals surface area contributed by atoms with Gasteiger partial charge in [-0.25, -0.2) is 4.98 Å². The molecule has 0 spiro atoms. The highest BCUT2D eigenvalue weighted by atomic mass is 127. The number of benzene rings is 1. The number of ether oxygens (including phenoxy) is 1. The van der Waals surface area contributed by atoms with E-state index in [-0.39, 0.29) is 0 Å². The van der Waals surface area contributed by atoms with Crippen LogP contribution in [0.15, 0.2) is 24.4 Å². The summed E-state index contributed by atoms with van der Waals surface area (Å²) in [4.78, 5) is 4.08. The third-order valence-corrected chi connectivity index (χ3v) is 3.16. The van der Waals surface area contributed by atoms with Crippen molar-refractivity contribution in [1.82, 2.24) is 4.98 Å². The van der Waals surface area contributed by atoms with E-state index in [1.54, 1.807) is 13.3 Å². The fourth-order valence-corrected chi connectivity index (χ4v) is 2.08. The lowest BCUT2D eigenvalue weighted by Gasteiger charge is -2.04. The molecule has 0 unspecified atom stereocenters. The Morgan fingerprint density at radius 1 is 1.36 bits per heavy atom. The van der Waals surface area contributed by atoms with Gasteiger partial charge in [-0.2, -0.15) is 0 Å². The molecule has 4 heteroatoms. The molecule has 0 N–H and O–H groups in total. The Morgan fingerprint density at radius 2 is 2.14 bits per heavy atom. The Kier molecular flexibility index (Phi) is 2.78. The molecule has 0 fully saturated rings. The van der Waals surface area contributed by atoms with Crippen LogP contribution in [-0.4, -0.2) is 12.1 Å². The molecule has 0 aliphatic rings. The smallest absolute Gasteiger partial charge is 0.136 e. The number of hydrogen-bond donors (Lipinski definition) is 0. The third kappa shape index (κ3) is 1.66. The molecule has 14 heavy (non-hydrogen) atoms. The van der Waals surface area contributed by atoms with Gasteiger partial charge < -0.3 is 4.74 Å². The summed E-state index contributed by atoms with van der Waals surface area (Å²) in [6, 6.07) is 5.77. The lowest BCUT2D eigenvalue weighted by atomic mass is 10.2. The van der Waals surface area contributed by atoms with Crippen LogP contribution in [0.1, 0.15) is 0 Å². The molecule has 0 radical (unpaired) electrons. The highest BCUT2D eigenvalue weighted by Crippen LogP contribution is 2.28. The third-order valence-electron chi connectivity index (χ3n) is 2.00. The number of nitrogens with zero attached hydrogens (tertiary/aromatic N) is 1. The van der Waals surface area contributed by atoms with Gasteiger partial charge in [-0.3, -0.25) is 0 Å². The summed E-state index contributed by atoms with van der Waals surface area (Å²) in [5.41, 5.74) is 0. The Balaban J connectivity index is 2.80. The number of hydrogen-bond acceptors (Lipinski definition) is 2. The predicted molar refractivity (Wildman–Crippen MR) is 66.0 cm³/mol. The van der Waals surface area contributed by atoms with Gasteiger partial charge in [0.2, 0.25) is 0 Å². The average Bonchev–Trinajstić information content (AvgIpc) is 2.23. The second-order valence-corrected chi connectivity index (χ2v) is 4.33. The van der Waals surface area contributed by atoms with E-state index in [2.05, 4.69) is 27.6 Å². The fraction of sp³-hybridized carbons (Fsp3) is 0.100. The SMILES string of the molecule is COc1ccc2c(Cl)ncc(I)c2c1. The van der Waals surface area contributed by atoms with E-state index in [9.17, 15) is 0 Å². The van der Waals surface area contributed by atoms with Crippen molar-refractivity contribution in [2.75, 3.05) is 7.11 Å². The van der Waals surface area contributed by atoms with Crippen molar-refractivity contribution in [3.63, 3.8) is 0 Å². The molecule has 0 aliphatic heterocycles. The maximum absolute atomic E-state index is 5.97. The standard InChI is InChI=1S/C10H7ClINO/c1-14-6-2-3-7-8(4-6)9(12)5-13-10(7)11/h2-5H,1H3. The van der Waals surface area contributed by atoms with Crippen LogP contribution in [0.3, 0.4) is 0 Å². The molecule has 0 saturated heterocycles. The Labute approximate surface area is 100 Å². The molecule has 0 atom stereocenters. The first-order valence-electron chi connectivity index (χ1n) is 4.00. The van der Waals surface area contributed by atoms with Crippen LogP contribution in [0.2, 0.25) is 5.15 Å². The highest BCUT2D eigenvalue weighted by Gasteiger charge is 2.04. The number of halogens is 2. The first-order valence-corrected chi connectivity index (χ1v) is 5.46. The van der Waals surface area contributed by atoms with Crippen LogP contribution in [0.4, 0.5) is 0 Å². The minimum Gasteiger partial charge on any atom is -0.497 e. The van der Waals surface area contributed by atoms with Gasteiger partial charge in [0.05, 0.1) is 7.11 Å². The Bertz CT molecular complexity index is 487. The summed E-state index contributed by atoms with van der Waals surface area (Å²) < 4.78 is 6.22.